The number of benzene rings is 2. The fraction of sp³-hybridized carbons (Fsp3) is 0.0909. The predicted molar refractivity (Wildman–Crippen MR) is 113 cm³/mol. The van der Waals surface area contributed by atoms with Crippen molar-refractivity contribution in [3.63, 3.8) is 0 Å². The Balaban J connectivity index is 1.48. The highest BCUT2D eigenvalue weighted by molar-refractivity contribution is 7.18. The van der Waals surface area contributed by atoms with Gasteiger partial charge in [-0.2, -0.15) is 0 Å². The number of ether oxygens (including phenoxy) is 1. The second kappa shape index (κ2) is 7.10. The highest BCUT2D eigenvalue weighted by Gasteiger charge is 2.29. The molecular weight excluding hydrogens is 372 g/mol. The smallest absolute Gasteiger partial charge is 0.393 e. The van der Waals surface area contributed by atoms with Crippen molar-refractivity contribution in [2.24, 2.45) is 0 Å². The minimum atomic E-state index is 0.616. The summed E-state index contributed by atoms with van der Waals surface area (Å²) in [6, 6.07) is 18.7. The maximum atomic E-state index is 5.94. The quantitative estimate of drug-likeness (QED) is 0.443. The molecule has 0 atom stereocenters. The number of nitrogens with zero attached hydrogens (tertiary/aromatic N) is 2. The summed E-state index contributed by atoms with van der Waals surface area (Å²) in [5.74, 6) is 0.924. The molecule has 5 rings (SSSR count). The van der Waals surface area contributed by atoms with E-state index in [9.17, 15) is 0 Å². The van der Waals surface area contributed by atoms with Crippen LogP contribution in [0.5, 0.6) is 5.88 Å². The Bertz CT molecular complexity index is 1120. The predicted octanol–water partition coefficient (Wildman–Crippen LogP) is 5.30. The van der Waals surface area contributed by atoms with Crippen molar-refractivity contribution >= 4 is 45.0 Å². The van der Waals surface area contributed by atoms with Gasteiger partial charge in [-0.15, -0.1) is 15.9 Å². The largest absolute Gasteiger partial charge is 0.439 e. The number of thiazole rings is 2. The molecule has 2 aromatic carbocycles. The van der Waals surface area contributed by atoms with Crippen LogP contribution in [0.1, 0.15) is 14.9 Å². The number of aromatic nitrogens is 2. The first-order valence-corrected chi connectivity index (χ1v) is 10.5. The molecule has 0 saturated carbocycles. The molecule has 3 nitrogen and oxygen atoms in total. The van der Waals surface area contributed by atoms with Gasteiger partial charge in [-0.05, 0) is 24.3 Å². The van der Waals surface area contributed by atoms with Crippen LogP contribution in [0.4, 0.5) is 0 Å². The van der Waals surface area contributed by atoms with Gasteiger partial charge in [0.25, 0.3) is 5.01 Å². The van der Waals surface area contributed by atoms with Crippen LogP contribution in [0.3, 0.4) is 0 Å². The van der Waals surface area contributed by atoms with E-state index in [4.69, 9.17) is 9.72 Å². The van der Waals surface area contributed by atoms with Crippen molar-refractivity contribution in [3.8, 4) is 11.6 Å². The summed E-state index contributed by atoms with van der Waals surface area (Å²) in [7, 11) is 0. The average Bonchev–Trinajstić information content (AvgIpc) is 3.29. The van der Waals surface area contributed by atoms with E-state index in [0.717, 1.165) is 38.4 Å². The average molecular weight is 390 g/mol. The summed E-state index contributed by atoms with van der Waals surface area (Å²) < 4.78 is 9.37. The zero-order valence-electron chi connectivity index (χ0n) is 14.5. The second-order valence-corrected chi connectivity index (χ2v) is 8.35. The number of allylic oxidation sites excluding steroid dienone is 1. The number of para-hydroxylation sites is 2. The topological polar surface area (TPSA) is 26.0 Å². The summed E-state index contributed by atoms with van der Waals surface area (Å²) in [4.78, 5) is 5.87. The number of rotatable bonds is 4. The van der Waals surface area contributed by atoms with Crippen LogP contribution >= 0.6 is 22.7 Å². The highest BCUT2D eigenvalue weighted by Crippen LogP contribution is 2.30. The first-order chi connectivity index (χ1) is 13.4. The molecule has 5 heteroatoms. The van der Waals surface area contributed by atoms with Gasteiger partial charge in [0, 0.05) is 24.6 Å². The van der Waals surface area contributed by atoms with E-state index in [2.05, 4.69) is 71.3 Å². The lowest BCUT2D eigenvalue weighted by molar-refractivity contribution is -0.599. The molecule has 0 spiro atoms. The van der Waals surface area contributed by atoms with Crippen molar-refractivity contribution < 1.29 is 9.30 Å². The Morgan fingerprint density at radius 2 is 1.89 bits per heavy atom. The molecule has 0 radical (unpaired) electrons. The molecule has 0 aliphatic carbocycles. The fourth-order valence-electron chi connectivity index (χ4n) is 3.13. The van der Waals surface area contributed by atoms with Crippen LogP contribution in [0.2, 0.25) is 0 Å². The van der Waals surface area contributed by atoms with Crippen molar-refractivity contribution in [1.82, 2.24) is 4.98 Å². The van der Waals surface area contributed by atoms with Gasteiger partial charge >= 0.3 is 5.88 Å². The molecule has 4 aromatic rings. The van der Waals surface area contributed by atoms with Crippen molar-refractivity contribution in [3.05, 3.63) is 81.6 Å². The van der Waals surface area contributed by atoms with Gasteiger partial charge in [0.05, 0.1) is 15.2 Å². The third-order valence-corrected chi connectivity index (χ3v) is 6.46. The van der Waals surface area contributed by atoms with E-state index in [1.807, 2.05) is 12.1 Å². The van der Waals surface area contributed by atoms with Crippen LogP contribution in [0.25, 0.3) is 28.1 Å². The fourth-order valence-corrected chi connectivity index (χ4v) is 5.15. The number of hydrogen-bond donors (Lipinski definition) is 0. The Morgan fingerprint density at radius 1 is 1.04 bits per heavy atom. The Morgan fingerprint density at radius 3 is 2.78 bits per heavy atom. The van der Waals surface area contributed by atoms with Crippen LogP contribution < -0.4 is 9.30 Å². The SMILES string of the molecule is C1=Cc2sc(C=CCc3nc4ccccc4s3)[n+](-c3ccccc3)c2OC1. The first kappa shape index (κ1) is 16.4. The van der Waals surface area contributed by atoms with Gasteiger partial charge in [-0.25, -0.2) is 4.98 Å². The zero-order valence-corrected chi connectivity index (χ0v) is 16.2. The minimum Gasteiger partial charge on any atom is -0.439 e. The third-order valence-electron chi connectivity index (χ3n) is 4.34. The first-order valence-electron chi connectivity index (χ1n) is 8.83. The van der Waals surface area contributed by atoms with Gasteiger partial charge in [0.2, 0.25) is 5.69 Å². The van der Waals surface area contributed by atoms with Gasteiger partial charge in [0.15, 0.2) is 0 Å². The molecule has 27 heavy (non-hydrogen) atoms. The molecule has 0 unspecified atom stereocenters. The van der Waals surface area contributed by atoms with Crippen LogP contribution in [0.15, 0.2) is 66.7 Å². The van der Waals surface area contributed by atoms with Crippen LogP contribution in [0, 0.1) is 0 Å². The molecule has 3 heterocycles. The number of hydrogen-bond acceptors (Lipinski definition) is 4. The molecule has 0 amide bonds. The van der Waals surface area contributed by atoms with E-state index in [1.54, 1.807) is 22.7 Å². The van der Waals surface area contributed by atoms with Gasteiger partial charge in [0.1, 0.15) is 11.5 Å². The van der Waals surface area contributed by atoms with Crippen molar-refractivity contribution in [2.45, 2.75) is 6.42 Å². The van der Waals surface area contributed by atoms with Crippen molar-refractivity contribution in [2.75, 3.05) is 6.61 Å². The molecule has 1 aliphatic rings. The summed E-state index contributed by atoms with van der Waals surface area (Å²) in [6.45, 7) is 0.616. The summed E-state index contributed by atoms with van der Waals surface area (Å²) in [6.07, 6.45) is 9.40. The molecule has 0 saturated heterocycles. The molecule has 1 aliphatic heterocycles. The zero-order chi connectivity index (χ0) is 18.1. The molecular formula is C22H17N2OS2+. The molecule has 132 valence electrons. The maximum Gasteiger partial charge on any atom is 0.393 e. The van der Waals surface area contributed by atoms with Crippen molar-refractivity contribution in [1.29, 1.82) is 0 Å². The minimum absolute atomic E-state index is 0.616. The Kier molecular flexibility index (Phi) is 4.32. The lowest BCUT2D eigenvalue weighted by atomic mass is 10.3. The van der Waals surface area contributed by atoms with Crippen LogP contribution in [-0.4, -0.2) is 11.6 Å². The monoisotopic (exact) mass is 389 g/mol. The lowest BCUT2D eigenvalue weighted by Crippen LogP contribution is -2.34. The van der Waals surface area contributed by atoms with E-state index in [1.165, 1.54) is 4.70 Å². The van der Waals surface area contributed by atoms with E-state index in [0.29, 0.717) is 6.61 Å². The summed E-state index contributed by atoms with van der Waals surface area (Å²) in [5.41, 5.74) is 2.19. The molecule has 0 fully saturated rings. The van der Waals surface area contributed by atoms with E-state index in [-0.39, 0.29) is 0 Å². The van der Waals surface area contributed by atoms with Gasteiger partial charge in [-0.3, -0.25) is 0 Å². The third kappa shape index (κ3) is 3.20. The standard InChI is InChI=1S/C22H17N2OS2/c1-2-8-16(9-3-1)24-21(27-19-12-7-15-25-22(19)24)14-6-13-20-23-17-10-4-5-11-18(17)26-20/h1-12,14H,13,15H2/q+1. The Hall–Kier alpha value is -2.76. The van der Waals surface area contributed by atoms with Gasteiger partial charge in [-0.1, -0.05) is 47.7 Å². The number of fused-ring (bicyclic) bond motifs is 2. The molecule has 0 bridgehead atoms. The maximum absolute atomic E-state index is 5.94. The van der Waals surface area contributed by atoms with Crippen LogP contribution in [-0.2, 0) is 6.42 Å². The summed E-state index contributed by atoms with van der Waals surface area (Å²) >= 11 is 3.50. The normalized spacial score (nSPS) is 13.2. The van der Waals surface area contributed by atoms with E-state index < -0.39 is 0 Å². The van der Waals surface area contributed by atoms with Gasteiger partial charge < -0.3 is 4.74 Å². The van der Waals surface area contributed by atoms with E-state index >= 15 is 0 Å². The second-order valence-electron chi connectivity index (χ2n) is 6.18. The highest BCUT2D eigenvalue weighted by atomic mass is 32.1. The summed E-state index contributed by atoms with van der Waals surface area (Å²) in [5, 5.41) is 2.29. The lowest BCUT2D eigenvalue weighted by Gasteiger charge is -2.04. The molecule has 2 aromatic heterocycles. The molecule has 0 N–H and O–H groups in total. The Labute approximate surface area is 165 Å².